The first-order valence-corrected chi connectivity index (χ1v) is 26.2. The summed E-state index contributed by atoms with van der Waals surface area (Å²) in [6, 6.07) is 8.33. The number of aliphatic hydroxyl groups is 1. The van der Waals surface area contributed by atoms with E-state index in [0.717, 1.165) is 73.5 Å². The second-order valence-corrected chi connectivity index (χ2v) is 22.3. The SMILES string of the molecule is CCCCNC(=O)C1CCCCC1C(=O)Nc1cc2c(cc1C1=C(O)/C(=c3/cc4c(cc3NC(=O)C3CCCCC3C(=O)NCCCC)=[N+](C(C)C)C(C)C4(C)C)C1=O)C(C)(C)C(C)N2C(C)C. The van der Waals surface area contributed by atoms with Crippen molar-refractivity contribution in [2.45, 2.75) is 195 Å². The smallest absolute Gasteiger partial charge is 0.228 e. The van der Waals surface area contributed by atoms with Crippen LogP contribution in [0.2, 0.25) is 0 Å². The normalized spacial score (nSPS) is 25.8. The van der Waals surface area contributed by atoms with E-state index in [2.05, 4.69) is 114 Å². The number of nitrogens with zero attached hydrogens (tertiary/aromatic N) is 2. The molecule has 6 atom stereocenters. The van der Waals surface area contributed by atoms with E-state index in [1.54, 1.807) is 0 Å². The number of hydrogen-bond acceptors (Lipinski definition) is 7. The quantitative estimate of drug-likeness (QED) is 0.0890. The Morgan fingerprint density at radius 1 is 0.691 bits per heavy atom. The molecule has 12 nitrogen and oxygen atoms in total. The zero-order valence-electron chi connectivity index (χ0n) is 43.2. The molecule has 6 unspecified atom stereocenters. The molecule has 2 aliphatic heterocycles. The molecule has 4 amide bonds. The maximum Gasteiger partial charge on any atom is 0.228 e. The molecule has 12 heteroatoms. The fourth-order valence-electron chi connectivity index (χ4n) is 12.2. The summed E-state index contributed by atoms with van der Waals surface area (Å²) in [7, 11) is 0. The van der Waals surface area contributed by atoms with Gasteiger partial charge in [0.25, 0.3) is 0 Å². The van der Waals surface area contributed by atoms with Crippen molar-refractivity contribution in [2.24, 2.45) is 23.7 Å². The molecule has 2 heterocycles. The van der Waals surface area contributed by atoms with Gasteiger partial charge in [-0.15, -0.1) is 0 Å². The molecule has 5 aliphatic rings. The largest absolute Gasteiger partial charge is 0.506 e. The average Bonchev–Trinajstić information content (AvgIpc) is 3.62. The third-order valence-corrected chi connectivity index (χ3v) is 16.8. The average molecular weight is 934 g/mol. The van der Waals surface area contributed by atoms with Crippen molar-refractivity contribution in [3.63, 3.8) is 0 Å². The molecule has 0 spiro atoms. The fraction of sp³-hybridized carbons (Fsp3) is 0.643. The number of amides is 4. The molecule has 7 rings (SSSR count). The first-order valence-electron chi connectivity index (χ1n) is 26.2. The predicted octanol–water partition coefficient (Wildman–Crippen LogP) is 8.19. The minimum absolute atomic E-state index is 0.0903. The van der Waals surface area contributed by atoms with E-state index < -0.39 is 23.7 Å². The lowest BCUT2D eigenvalue weighted by atomic mass is 9.75. The van der Waals surface area contributed by atoms with Gasteiger partial charge in [0.05, 0.1) is 27.9 Å². The summed E-state index contributed by atoms with van der Waals surface area (Å²) in [5.41, 5.74) is 3.76. The first-order chi connectivity index (χ1) is 32.2. The number of Topliss-reactive ketones (excluding diaryl/α,β-unsaturated/α-hetero) is 1. The maximum atomic E-state index is 15.2. The Bertz CT molecular complexity index is 2500. The lowest BCUT2D eigenvalue weighted by Gasteiger charge is -2.34. The summed E-state index contributed by atoms with van der Waals surface area (Å²) in [4.78, 5) is 73.8. The molecule has 0 aromatic heterocycles. The van der Waals surface area contributed by atoms with Crippen LogP contribution in [0.4, 0.5) is 17.1 Å². The zero-order valence-corrected chi connectivity index (χ0v) is 43.2. The van der Waals surface area contributed by atoms with Crippen molar-refractivity contribution in [1.82, 2.24) is 15.2 Å². The number of carbonyl (C=O) groups is 5. The highest BCUT2D eigenvalue weighted by Gasteiger charge is 2.49. The molecule has 0 saturated heterocycles. The van der Waals surface area contributed by atoms with Crippen LogP contribution in [0.5, 0.6) is 0 Å². The van der Waals surface area contributed by atoms with Crippen LogP contribution in [0, 0.1) is 23.7 Å². The summed E-state index contributed by atoms with van der Waals surface area (Å²) in [6.07, 6.45) is 9.46. The Morgan fingerprint density at radius 2 is 1.19 bits per heavy atom. The minimum Gasteiger partial charge on any atom is -0.506 e. The number of unbranched alkanes of at least 4 members (excludes halogenated alkanes) is 2. The van der Waals surface area contributed by atoms with E-state index in [9.17, 15) is 24.3 Å². The maximum absolute atomic E-state index is 15.2. The third kappa shape index (κ3) is 9.14. The van der Waals surface area contributed by atoms with E-state index >= 15 is 4.79 Å². The van der Waals surface area contributed by atoms with Gasteiger partial charge in [-0.25, -0.2) is 4.58 Å². The van der Waals surface area contributed by atoms with Gasteiger partial charge in [0.2, 0.25) is 34.8 Å². The van der Waals surface area contributed by atoms with Crippen LogP contribution in [-0.4, -0.2) is 71.8 Å². The van der Waals surface area contributed by atoms with Gasteiger partial charge in [-0.05, 0) is 118 Å². The van der Waals surface area contributed by atoms with Crippen LogP contribution in [0.25, 0.3) is 11.1 Å². The highest BCUT2D eigenvalue weighted by molar-refractivity contribution is 6.52. The van der Waals surface area contributed by atoms with Crippen molar-refractivity contribution in [1.29, 1.82) is 0 Å². The molecular weight excluding hydrogens is 853 g/mol. The molecule has 68 heavy (non-hydrogen) atoms. The second kappa shape index (κ2) is 20.2. The first kappa shape index (κ1) is 50.9. The molecule has 2 aromatic carbocycles. The topological polar surface area (TPSA) is 160 Å². The summed E-state index contributed by atoms with van der Waals surface area (Å²) < 4.78 is 2.35. The Hall–Kier alpha value is -5.00. The van der Waals surface area contributed by atoms with Crippen LogP contribution in [0.15, 0.2) is 30.0 Å². The third-order valence-electron chi connectivity index (χ3n) is 16.8. The molecule has 5 N–H and O–H groups in total. The highest BCUT2D eigenvalue weighted by atomic mass is 16.3. The number of hydrogen-bond donors (Lipinski definition) is 5. The van der Waals surface area contributed by atoms with Crippen molar-refractivity contribution < 1.29 is 29.1 Å². The molecule has 0 radical (unpaired) electrons. The summed E-state index contributed by atoms with van der Waals surface area (Å²) in [5, 5.41) is 26.5. The number of ketones is 1. The van der Waals surface area contributed by atoms with Crippen LogP contribution in [0.3, 0.4) is 0 Å². The Labute approximate surface area is 405 Å². The van der Waals surface area contributed by atoms with Crippen molar-refractivity contribution in [3.05, 3.63) is 57.3 Å². The summed E-state index contributed by atoms with van der Waals surface area (Å²) >= 11 is 0. The van der Waals surface area contributed by atoms with Crippen molar-refractivity contribution in [3.8, 4) is 0 Å². The highest BCUT2D eigenvalue weighted by Crippen LogP contribution is 2.51. The van der Waals surface area contributed by atoms with Gasteiger partial charge in [-0.1, -0.05) is 66.2 Å². The van der Waals surface area contributed by atoms with Gasteiger partial charge < -0.3 is 31.3 Å². The predicted molar refractivity (Wildman–Crippen MR) is 273 cm³/mol. The number of carbonyl (C=O) groups excluding carboxylic acids is 5. The Kier molecular flexibility index (Phi) is 15.1. The number of nitrogens with one attached hydrogen (secondary N) is 4. The number of benzene rings is 2. The van der Waals surface area contributed by atoms with Crippen molar-refractivity contribution in [2.75, 3.05) is 28.6 Å². The van der Waals surface area contributed by atoms with Gasteiger partial charge in [-0.2, -0.15) is 0 Å². The number of anilines is 3. The molecule has 370 valence electrons. The van der Waals surface area contributed by atoms with E-state index in [0.29, 0.717) is 60.9 Å². The van der Waals surface area contributed by atoms with Crippen LogP contribution in [0.1, 0.15) is 177 Å². The van der Waals surface area contributed by atoms with Gasteiger partial charge in [0.15, 0.2) is 6.04 Å². The molecular formula is C56H81N6O6+. The zero-order chi connectivity index (χ0) is 49.6. The number of allylic oxidation sites excluding steroid dienone is 2. The lowest BCUT2D eigenvalue weighted by molar-refractivity contribution is -0.134. The van der Waals surface area contributed by atoms with E-state index in [1.807, 2.05) is 24.3 Å². The van der Waals surface area contributed by atoms with Gasteiger partial charge in [0.1, 0.15) is 11.8 Å². The summed E-state index contributed by atoms with van der Waals surface area (Å²) in [6.45, 7) is 27.0. The van der Waals surface area contributed by atoms with Crippen LogP contribution >= 0.6 is 0 Å². The molecule has 0 bridgehead atoms. The van der Waals surface area contributed by atoms with E-state index in [1.165, 1.54) is 0 Å². The van der Waals surface area contributed by atoms with Gasteiger partial charge in [-0.3, -0.25) is 24.0 Å². The number of aliphatic hydroxyl groups excluding tert-OH is 1. The van der Waals surface area contributed by atoms with E-state index in [4.69, 9.17) is 0 Å². The molecule has 3 aliphatic carbocycles. The summed E-state index contributed by atoms with van der Waals surface area (Å²) in [5.74, 6) is -3.35. The fourth-order valence-corrected chi connectivity index (χ4v) is 12.2. The standard InChI is InChI=1S/C56H80N6O6/c1-13-15-25-57-51(65)35-21-17-19-23-37(35)53(67)59-43-29-45-41(55(9,10)33(7)61(45)31(3)4)27-39(43)47-49(63)48(50(47)64)40-28-42-46(62(32(5)6)34(8)56(42,11)12)30-44(40)60-54(68)38-24-20-18-22-36(38)52(66)58-26-16-14-2/h27-38H,13-26H2,1-12H3,(H4,57,58,59,60,63,64,65,66,67,68)/p+1. The van der Waals surface area contributed by atoms with Crippen LogP contribution < -0.4 is 41.3 Å². The Morgan fingerprint density at radius 3 is 1.66 bits per heavy atom. The number of fused-ring (bicyclic) bond motifs is 2. The monoisotopic (exact) mass is 934 g/mol. The van der Waals surface area contributed by atoms with Gasteiger partial charge >= 0.3 is 0 Å². The van der Waals surface area contributed by atoms with Crippen molar-refractivity contribution >= 4 is 57.6 Å². The molecule has 2 saturated carbocycles. The molecule has 2 aromatic rings. The Balaban J connectivity index is 1.38. The second-order valence-electron chi connectivity index (χ2n) is 22.3. The lowest BCUT2D eigenvalue weighted by Crippen LogP contribution is -2.43. The number of rotatable bonds is 15. The van der Waals surface area contributed by atoms with Gasteiger partial charge in [0, 0.05) is 82.4 Å². The van der Waals surface area contributed by atoms with E-state index in [-0.39, 0.29) is 81.3 Å². The molecule has 2 fully saturated rings. The minimum atomic E-state index is -0.551. The van der Waals surface area contributed by atoms with Crippen LogP contribution in [-0.2, 0) is 34.8 Å².